The zero-order valence-corrected chi connectivity index (χ0v) is 18.0. The molecule has 1 aromatic heterocycles. The summed E-state index contributed by atoms with van der Waals surface area (Å²) in [5, 5.41) is 13.5. The standard InChI is InChI=1S/C21H20Cl2N4OS/c1-2-11-27-19(12-15-3-7-17(22)8-4-15)25-26-21(27)29-14-20(28)24-13-16-5-9-18(23)10-6-16/h2-10H,1,11-14H2,(H,24,28). The third-order valence-electron chi connectivity index (χ3n) is 4.12. The Balaban J connectivity index is 1.58. The highest BCUT2D eigenvalue weighted by Gasteiger charge is 2.14. The fourth-order valence-electron chi connectivity index (χ4n) is 2.64. The number of nitrogens with one attached hydrogen (secondary N) is 1. The van der Waals surface area contributed by atoms with Crippen LogP contribution >= 0.6 is 35.0 Å². The van der Waals surface area contributed by atoms with Crippen LogP contribution in [0.5, 0.6) is 0 Å². The van der Waals surface area contributed by atoms with Gasteiger partial charge in [-0.2, -0.15) is 0 Å². The first-order chi connectivity index (χ1) is 14.0. The van der Waals surface area contributed by atoms with Gasteiger partial charge in [0.05, 0.1) is 5.75 Å². The van der Waals surface area contributed by atoms with Crippen molar-refractivity contribution in [2.24, 2.45) is 0 Å². The molecule has 1 N–H and O–H groups in total. The normalized spacial score (nSPS) is 10.7. The molecule has 3 rings (SSSR count). The Labute approximate surface area is 184 Å². The zero-order valence-electron chi connectivity index (χ0n) is 15.6. The Morgan fingerprint density at radius 1 is 1.03 bits per heavy atom. The Kier molecular flexibility index (Phi) is 7.75. The van der Waals surface area contributed by atoms with Crippen LogP contribution in [0.1, 0.15) is 17.0 Å². The Bertz CT molecular complexity index is 971. The van der Waals surface area contributed by atoms with E-state index in [0.717, 1.165) is 17.0 Å². The van der Waals surface area contributed by atoms with Gasteiger partial charge in [0.2, 0.25) is 5.91 Å². The minimum Gasteiger partial charge on any atom is -0.351 e. The average molecular weight is 447 g/mol. The van der Waals surface area contributed by atoms with E-state index in [1.807, 2.05) is 41.0 Å². The van der Waals surface area contributed by atoms with Crippen molar-refractivity contribution in [3.8, 4) is 0 Å². The van der Waals surface area contributed by atoms with Crippen molar-refractivity contribution in [1.29, 1.82) is 0 Å². The molecular weight excluding hydrogens is 427 g/mol. The monoisotopic (exact) mass is 446 g/mol. The predicted molar refractivity (Wildman–Crippen MR) is 118 cm³/mol. The molecule has 0 saturated carbocycles. The summed E-state index contributed by atoms with van der Waals surface area (Å²) in [6.07, 6.45) is 2.42. The van der Waals surface area contributed by atoms with Gasteiger partial charge in [0, 0.05) is 29.6 Å². The van der Waals surface area contributed by atoms with E-state index in [4.69, 9.17) is 23.2 Å². The fraction of sp³-hybridized carbons (Fsp3) is 0.190. The number of halogens is 2. The summed E-state index contributed by atoms with van der Waals surface area (Å²) in [6.45, 7) is 4.84. The molecule has 0 saturated heterocycles. The van der Waals surface area contributed by atoms with Gasteiger partial charge in [-0.15, -0.1) is 16.8 Å². The van der Waals surface area contributed by atoms with E-state index in [-0.39, 0.29) is 11.7 Å². The molecule has 2 aromatic carbocycles. The SMILES string of the molecule is C=CCn1c(Cc2ccc(Cl)cc2)nnc1SCC(=O)NCc1ccc(Cl)cc1. The summed E-state index contributed by atoms with van der Waals surface area (Å²) in [7, 11) is 0. The number of allylic oxidation sites excluding steroid dienone is 1. The molecule has 0 aliphatic rings. The molecular formula is C21H20Cl2N4OS. The van der Waals surface area contributed by atoms with Gasteiger partial charge in [-0.05, 0) is 35.4 Å². The van der Waals surface area contributed by atoms with Gasteiger partial charge in [-0.1, -0.05) is 65.3 Å². The van der Waals surface area contributed by atoms with Crippen molar-refractivity contribution in [3.05, 3.63) is 88.2 Å². The van der Waals surface area contributed by atoms with Gasteiger partial charge in [0.1, 0.15) is 5.82 Å². The molecule has 0 fully saturated rings. The number of hydrogen-bond acceptors (Lipinski definition) is 4. The van der Waals surface area contributed by atoms with Crippen LogP contribution in [0.15, 0.2) is 66.3 Å². The molecule has 0 aliphatic carbocycles. The number of hydrogen-bond donors (Lipinski definition) is 1. The summed E-state index contributed by atoms with van der Waals surface area (Å²) >= 11 is 13.2. The van der Waals surface area contributed by atoms with E-state index in [1.54, 1.807) is 18.2 Å². The first-order valence-electron chi connectivity index (χ1n) is 8.96. The third-order valence-corrected chi connectivity index (χ3v) is 5.59. The molecule has 0 bridgehead atoms. The number of nitrogens with zero attached hydrogens (tertiary/aromatic N) is 3. The average Bonchev–Trinajstić information content (AvgIpc) is 3.09. The van der Waals surface area contributed by atoms with Crippen molar-refractivity contribution in [3.63, 3.8) is 0 Å². The highest BCUT2D eigenvalue weighted by molar-refractivity contribution is 7.99. The number of carbonyl (C=O) groups is 1. The van der Waals surface area contributed by atoms with Crippen LogP contribution in [0, 0.1) is 0 Å². The van der Waals surface area contributed by atoms with E-state index in [2.05, 4.69) is 22.1 Å². The Hall–Kier alpha value is -2.28. The predicted octanol–water partition coefficient (Wildman–Crippen LogP) is 4.77. The zero-order chi connectivity index (χ0) is 20.6. The first kappa shape index (κ1) is 21.4. The molecule has 0 radical (unpaired) electrons. The maximum Gasteiger partial charge on any atom is 0.230 e. The maximum atomic E-state index is 12.2. The molecule has 0 unspecified atom stereocenters. The topological polar surface area (TPSA) is 59.8 Å². The second-order valence-corrected chi connectivity index (χ2v) is 8.11. The molecule has 8 heteroatoms. The summed E-state index contributed by atoms with van der Waals surface area (Å²) in [6, 6.07) is 15.0. The van der Waals surface area contributed by atoms with Crippen LogP contribution in [0.2, 0.25) is 10.0 Å². The van der Waals surface area contributed by atoms with Crippen LogP contribution in [0.3, 0.4) is 0 Å². The van der Waals surface area contributed by atoms with E-state index < -0.39 is 0 Å². The first-order valence-corrected chi connectivity index (χ1v) is 10.7. The molecule has 1 heterocycles. The van der Waals surface area contributed by atoms with Crippen LogP contribution < -0.4 is 5.32 Å². The van der Waals surface area contributed by atoms with Gasteiger partial charge in [-0.3, -0.25) is 4.79 Å². The van der Waals surface area contributed by atoms with E-state index in [9.17, 15) is 4.79 Å². The number of thioether (sulfide) groups is 1. The largest absolute Gasteiger partial charge is 0.351 e. The lowest BCUT2D eigenvalue weighted by Crippen LogP contribution is -2.24. The van der Waals surface area contributed by atoms with Gasteiger partial charge in [0.15, 0.2) is 5.16 Å². The Morgan fingerprint density at radius 2 is 1.66 bits per heavy atom. The van der Waals surface area contributed by atoms with Crippen molar-refractivity contribution in [2.75, 3.05) is 5.75 Å². The van der Waals surface area contributed by atoms with Crippen molar-refractivity contribution in [1.82, 2.24) is 20.1 Å². The molecule has 0 atom stereocenters. The van der Waals surface area contributed by atoms with Crippen LogP contribution in [0.25, 0.3) is 0 Å². The lowest BCUT2D eigenvalue weighted by atomic mass is 10.1. The van der Waals surface area contributed by atoms with Crippen molar-refractivity contribution >= 4 is 40.9 Å². The minimum atomic E-state index is -0.0719. The van der Waals surface area contributed by atoms with Crippen molar-refractivity contribution in [2.45, 2.75) is 24.7 Å². The van der Waals surface area contributed by atoms with Crippen LogP contribution in [-0.2, 0) is 24.3 Å². The molecule has 3 aromatic rings. The fourth-order valence-corrected chi connectivity index (χ4v) is 3.69. The highest BCUT2D eigenvalue weighted by Crippen LogP contribution is 2.20. The number of amides is 1. The lowest BCUT2D eigenvalue weighted by Gasteiger charge is -2.08. The molecule has 29 heavy (non-hydrogen) atoms. The summed E-state index contributed by atoms with van der Waals surface area (Å²) in [5.74, 6) is 0.998. The minimum absolute atomic E-state index is 0.0719. The number of aromatic nitrogens is 3. The Morgan fingerprint density at radius 3 is 2.28 bits per heavy atom. The van der Waals surface area contributed by atoms with Crippen LogP contribution in [0.4, 0.5) is 0 Å². The highest BCUT2D eigenvalue weighted by atomic mass is 35.5. The summed E-state index contributed by atoms with van der Waals surface area (Å²) in [5.41, 5.74) is 2.08. The molecule has 1 amide bonds. The van der Waals surface area contributed by atoms with E-state index in [0.29, 0.717) is 34.7 Å². The lowest BCUT2D eigenvalue weighted by molar-refractivity contribution is -0.118. The van der Waals surface area contributed by atoms with Gasteiger partial charge in [-0.25, -0.2) is 0 Å². The number of carbonyl (C=O) groups excluding carboxylic acids is 1. The second-order valence-electron chi connectivity index (χ2n) is 6.29. The van der Waals surface area contributed by atoms with Gasteiger partial charge < -0.3 is 9.88 Å². The van der Waals surface area contributed by atoms with Gasteiger partial charge >= 0.3 is 0 Å². The van der Waals surface area contributed by atoms with E-state index in [1.165, 1.54) is 11.8 Å². The molecule has 150 valence electrons. The number of rotatable bonds is 9. The molecule has 5 nitrogen and oxygen atoms in total. The van der Waals surface area contributed by atoms with Crippen molar-refractivity contribution < 1.29 is 4.79 Å². The summed E-state index contributed by atoms with van der Waals surface area (Å²) in [4.78, 5) is 12.2. The maximum absolute atomic E-state index is 12.2. The quantitative estimate of drug-likeness (QED) is 0.379. The number of benzene rings is 2. The smallest absolute Gasteiger partial charge is 0.230 e. The van der Waals surface area contributed by atoms with E-state index >= 15 is 0 Å². The molecule has 0 spiro atoms. The second kappa shape index (κ2) is 10.5. The summed E-state index contributed by atoms with van der Waals surface area (Å²) < 4.78 is 1.97. The molecule has 0 aliphatic heterocycles. The third kappa shape index (κ3) is 6.35. The van der Waals surface area contributed by atoms with Gasteiger partial charge in [0.25, 0.3) is 0 Å². The van der Waals surface area contributed by atoms with Crippen LogP contribution in [-0.4, -0.2) is 26.4 Å².